The summed E-state index contributed by atoms with van der Waals surface area (Å²) < 4.78 is 11.0. The molecule has 2 aliphatic rings. The van der Waals surface area contributed by atoms with E-state index >= 15 is 0 Å². The Morgan fingerprint density at radius 2 is 1.62 bits per heavy atom. The number of ether oxygens (including phenoxy) is 2. The molecule has 2 saturated heterocycles. The molecule has 3 atom stereocenters. The van der Waals surface area contributed by atoms with Crippen LogP contribution in [0.2, 0.25) is 0 Å². The fourth-order valence-electron chi connectivity index (χ4n) is 4.54. The smallest absolute Gasteiger partial charge is 0.266 e. The third-order valence-corrected chi connectivity index (χ3v) is 6.13. The van der Waals surface area contributed by atoms with Gasteiger partial charge >= 0.3 is 0 Å². The third-order valence-electron chi connectivity index (χ3n) is 6.13. The van der Waals surface area contributed by atoms with Crippen molar-refractivity contribution in [3.05, 3.63) is 84.4 Å². The number of carbonyl (C=O) groups is 2. The summed E-state index contributed by atoms with van der Waals surface area (Å²) in [6, 6.07) is 23.6. The zero-order valence-corrected chi connectivity index (χ0v) is 19.1. The minimum absolute atomic E-state index is 0.288. The molecule has 0 unspecified atom stereocenters. The molecule has 2 heterocycles. The Bertz CT molecular complexity index is 1180. The largest absolute Gasteiger partial charge is 0.497 e. The fourth-order valence-corrected chi connectivity index (χ4v) is 4.54. The molecule has 0 N–H and O–H groups in total. The first-order valence-electron chi connectivity index (χ1n) is 11.4. The standard InChI is InChI=1S/C27H26N2O5/c1-3-16-33-21-14-12-19(13-15-21)28-26(30)23-24(18-8-7-11-22(17-18)32-2)29(34-25(23)27(28)31)20-9-5-4-6-10-20/h4-15,17,23-25H,3,16H2,1-2H3/t23-,24+,25-/m0/s1. The van der Waals surface area contributed by atoms with Crippen molar-refractivity contribution in [2.24, 2.45) is 5.92 Å². The summed E-state index contributed by atoms with van der Waals surface area (Å²) in [4.78, 5) is 34.5. The summed E-state index contributed by atoms with van der Waals surface area (Å²) in [7, 11) is 1.60. The molecular formula is C27H26N2O5. The van der Waals surface area contributed by atoms with E-state index in [9.17, 15) is 9.59 Å². The van der Waals surface area contributed by atoms with Gasteiger partial charge in [-0.25, -0.2) is 9.96 Å². The van der Waals surface area contributed by atoms with Gasteiger partial charge in [-0.15, -0.1) is 0 Å². The predicted molar refractivity (Wildman–Crippen MR) is 128 cm³/mol. The molecule has 0 bridgehead atoms. The van der Waals surface area contributed by atoms with Gasteiger partial charge in [0.1, 0.15) is 17.4 Å². The first-order chi connectivity index (χ1) is 16.6. The Kier molecular flexibility index (Phi) is 5.94. The number of rotatable bonds is 7. The second-order valence-electron chi connectivity index (χ2n) is 8.29. The maximum Gasteiger partial charge on any atom is 0.266 e. The summed E-state index contributed by atoms with van der Waals surface area (Å²) in [6.45, 7) is 2.64. The highest BCUT2D eigenvalue weighted by molar-refractivity contribution is 6.23. The van der Waals surface area contributed by atoms with E-state index in [0.717, 1.165) is 17.7 Å². The Morgan fingerprint density at radius 3 is 2.32 bits per heavy atom. The Balaban J connectivity index is 1.51. The minimum atomic E-state index is -0.917. The lowest BCUT2D eigenvalue weighted by Gasteiger charge is -2.29. The van der Waals surface area contributed by atoms with E-state index in [2.05, 4.69) is 0 Å². The molecule has 5 rings (SSSR count). The number of benzene rings is 3. The van der Waals surface area contributed by atoms with Crippen molar-refractivity contribution < 1.29 is 23.9 Å². The number of imide groups is 1. The van der Waals surface area contributed by atoms with Crippen molar-refractivity contribution in [2.45, 2.75) is 25.5 Å². The molecule has 2 fully saturated rings. The van der Waals surface area contributed by atoms with Crippen molar-refractivity contribution >= 4 is 23.2 Å². The van der Waals surface area contributed by atoms with E-state index in [1.54, 1.807) is 36.4 Å². The number of hydrogen-bond donors (Lipinski definition) is 0. The van der Waals surface area contributed by atoms with Crippen molar-refractivity contribution in [3.63, 3.8) is 0 Å². The van der Waals surface area contributed by atoms with Gasteiger partial charge in [0, 0.05) is 0 Å². The summed E-state index contributed by atoms with van der Waals surface area (Å²) in [5.41, 5.74) is 2.11. The van der Waals surface area contributed by atoms with Crippen molar-refractivity contribution in [2.75, 3.05) is 23.7 Å². The molecule has 174 valence electrons. The SMILES string of the molecule is CCCOc1ccc(N2C(=O)[C@@H]3[C@H](ON(c4ccccc4)[C@@H]3c3cccc(OC)c3)C2=O)cc1. The molecule has 0 aliphatic carbocycles. The maximum absolute atomic E-state index is 13.7. The van der Waals surface area contributed by atoms with Crippen LogP contribution < -0.4 is 19.4 Å². The maximum atomic E-state index is 13.7. The lowest BCUT2D eigenvalue weighted by Crippen LogP contribution is -2.37. The second-order valence-corrected chi connectivity index (χ2v) is 8.29. The zero-order valence-electron chi connectivity index (χ0n) is 19.1. The monoisotopic (exact) mass is 458 g/mol. The van der Waals surface area contributed by atoms with Crippen LogP contribution >= 0.6 is 0 Å². The van der Waals surface area contributed by atoms with Gasteiger partial charge in [-0.3, -0.25) is 14.4 Å². The van der Waals surface area contributed by atoms with Gasteiger partial charge in [0.2, 0.25) is 5.91 Å². The molecule has 0 spiro atoms. The Morgan fingerprint density at radius 1 is 0.853 bits per heavy atom. The molecule has 34 heavy (non-hydrogen) atoms. The van der Waals surface area contributed by atoms with Crippen LogP contribution in [0.5, 0.6) is 11.5 Å². The summed E-state index contributed by atoms with van der Waals surface area (Å²) in [5, 5.41) is 1.68. The normalized spacial score (nSPS) is 21.6. The highest BCUT2D eigenvalue weighted by Gasteiger charge is 2.60. The number of nitrogens with zero attached hydrogens (tertiary/aromatic N) is 2. The topological polar surface area (TPSA) is 68.3 Å². The van der Waals surface area contributed by atoms with Crippen molar-refractivity contribution in [1.29, 1.82) is 0 Å². The van der Waals surface area contributed by atoms with Gasteiger partial charge < -0.3 is 9.47 Å². The average Bonchev–Trinajstić information content (AvgIpc) is 3.39. The zero-order chi connectivity index (χ0) is 23.7. The minimum Gasteiger partial charge on any atom is -0.497 e. The van der Waals surface area contributed by atoms with Crippen LogP contribution in [0.25, 0.3) is 0 Å². The Labute approximate surface area is 198 Å². The van der Waals surface area contributed by atoms with Gasteiger partial charge in [-0.2, -0.15) is 0 Å². The van der Waals surface area contributed by atoms with Crippen LogP contribution in [0.1, 0.15) is 24.9 Å². The van der Waals surface area contributed by atoms with E-state index in [-0.39, 0.29) is 11.8 Å². The van der Waals surface area contributed by atoms with E-state index in [1.165, 1.54) is 4.90 Å². The van der Waals surface area contributed by atoms with Gasteiger partial charge in [0.05, 0.1) is 31.1 Å². The number of amides is 2. The third kappa shape index (κ3) is 3.78. The number of methoxy groups -OCH3 is 1. The van der Waals surface area contributed by atoms with Crippen LogP contribution in [-0.2, 0) is 14.4 Å². The van der Waals surface area contributed by atoms with Gasteiger partial charge in [0.25, 0.3) is 5.91 Å². The van der Waals surface area contributed by atoms with E-state index in [4.69, 9.17) is 14.3 Å². The molecule has 0 aromatic heterocycles. The number of hydrogen-bond acceptors (Lipinski definition) is 6. The second kappa shape index (κ2) is 9.19. The molecule has 2 amide bonds. The highest BCUT2D eigenvalue weighted by Crippen LogP contribution is 2.48. The molecule has 0 radical (unpaired) electrons. The summed E-state index contributed by atoms with van der Waals surface area (Å²) in [6.07, 6.45) is -0.0188. The summed E-state index contributed by atoms with van der Waals surface area (Å²) >= 11 is 0. The van der Waals surface area contributed by atoms with E-state index in [0.29, 0.717) is 23.8 Å². The Hall–Kier alpha value is -3.84. The molecule has 3 aromatic rings. The van der Waals surface area contributed by atoms with Crippen LogP contribution in [0.4, 0.5) is 11.4 Å². The van der Waals surface area contributed by atoms with Crippen LogP contribution in [0.3, 0.4) is 0 Å². The molecule has 7 heteroatoms. The van der Waals surface area contributed by atoms with Gasteiger partial charge in [0.15, 0.2) is 6.10 Å². The molecule has 0 saturated carbocycles. The quantitative estimate of drug-likeness (QED) is 0.485. The number of hydroxylamine groups is 1. The lowest BCUT2D eigenvalue weighted by molar-refractivity contribution is -0.126. The van der Waals surface area contributed by atoms with Crippen LogP contribution in [-0.4, -0.2) is 31.6 Å². The van der Waals surface area contributed by atoms with Gasteiger partial charge in [-0.1, -0.05) is 37.3 Å². The van der Waals surface area contributed by atoms with Crippen LogP contribution in [0, 0.1) is 5.92 Å². The number of fused-ring (bicyclic) bond motifs is 1. The number of para-hydroxylation sites is 1. The van der Waals surface area contributed by atoms with Crippen molar-refractivity contribution in [3.8, 4) is 11.5 Å². The van der Waals surface area contributed by atoms with E-state index < -0.39 is 18.1 Å². The lowest BCUT2D eigenvalue weighted by atomic mass is 9.90. The molecule has 7 nitrogen and oxygen atoms in total. The summed E-state index contributed by atoms with van der Waals surface area (Å²) in [5.74, 6) is 0.0127. The number of anilines is 2. The fraction of sp³-hybridized carbons (Fsp3) is 0.259. The average molecular weight is 459 g/mol. The first-order valence-corrected chi connectivity index (χ1v) is 11.4. The van der Waals surface area contributed by atoms with Crippen molar-refractivity contribution in [1.82, 2.24) is 0 Å². The van der Waals surface area contributed by atoms with Crippen LogP contribution in [0.15, 0.2) is 78.9 Å². The van der Waals surface area contributed by atoms with E-state index in [1.807, 2.05) is 61.5 Å². The number of carbonyl (C=O) groups excluding carboxylic acids is 2. The first kappa shape index (κ1) is 22.0. The van der Waals surface area contributed by atoms with Gasteiger partial charge in [-0.05, 0) is 60.5 Å². The molecular weight excluding hydrogens is 432 g/mol. The molecule has 2 aliphatic heterocycles. The highest BCUT2D eigenvalue weighted by atomic mass is 16.7. The predicted octanol–water partition coefficient (Wildman–Crippen LogP) is 4.54. The molecule has 3 aromatic carbocycles.